The maximum Gasteiger partial charge on any atom is 0.131 e. The van der Waals surface area contributed by atoms with Gasteiger partial charge in [0.1, 0.15) is 18.0 Å². The van der Waals surface area contributed by atoms with Crippen LogP contribution >= 0.6 is 0 Å². The number of rotatable bonds is 7. The molecule has 0 amide bonds. The van der Waals surface area contributed by atoms with Crippen LogP contribution in [0.3, 0.4) is 0 Å². The highest BCUT2D eigenvalue weighted by Gasteiger charge is 2.23. The molecule has 1 unspecified atom stereocenters. The quantitative estimate of drug-likeness (QED) is 0.761. The Morgan fingerprint density at radius 2 is 2.12 bits per heavy atom. The Kier molecular flexibility index (Phi) is 4.18. The summed E-state index contributed by atoms with van der Waals surface area (Å²) in [7, 11) is 0. The van der Waals surface area contributed by atoms with Crippen LogP contribution in [0.25, 0.3) is 0 Å². The second kappa shape index (κ2) is 5.84. The zero-order valence-electron chi connectivity index (χ0n) is 10.7. The number of hydrogen-bond acceptors (Lipinski definition) is 4. The highest BCUT2D eigenvalue weighted by molar-refractivity contribution is 5.46. The Hall–Kier alpha value is -1.32. The van der Waals surface area contributed by atoms with Crippen molar-refractivity contribution in [1.82, 2.24) is 9.97 Å². The third-order valence-corrected chi connectivity index (χ3v) is 3.00. The van der Waals surface area contributed by atoms with Crippen molar-refractivity contribution in [3.8, 4) is 0 Å². The van der Waals surface area contributed by atoms with Gasteiger partial charge >= 0.3 is 0 Å². The lowest BCUT2D eigenvalue weighted by molar-refractivity contribution is 0.640. The highest BCUT2D eigenvalue weighted by atomic mass is 15.1. The third-order valence-electron chi connectivity index (χ3n) is 3.00. The second-order valence-electron chi connectivity index (χ2n) is 4.94. The first-order valence-electron chi connectivity index (χ1n) is 6.60. The molecule has 1 heterocycles. The summed E-state index contributed by atoms with van der Waals surface area (Å²) in [6.07, 6.45) is 6.77. The summed E-state index contributed by atoms with van der Waals surface area (Å²) >= 11 is 0. The second-order valence-corrected chi connectivity index (χ2v) is 4.94. The van der Waals surface area contributed by atoms with Crippen LogP contribution in [0.2, 0.25) is 0 Å². The van der Waals surface area contributed by atoms with Gasteiger partial charge in [0.05, 0.1) is 0 Å². The fourth-order valence-electron chi connectivity index (χ4n) is 1.95. The van der Waals surface area contributed by atoms with Gasteiger partial charge in [-0.2, -0.15) is 0 Å². The zero-order chi connectivity index (χ0) is 12.1. The largest absolute Gasteiger partial charge is 0.370 e. The zero-order valence-corrected chi connectivity index (χ0v) is 10.7. The molecule has 1 aliphatic rings. The molecule has 1 fully saturated rings. The summed E-state index contributed by atoms with van der Waals surface area (Å²) in [6, 6.07) is 2.48. The van der Waals surface area contributed by atoms with Crippen molar-refractivity contribution in [3.05, 3.63) is 12.4 Å². The van der Waals surface area contributed by atoms with Gasteiger partial charge in [0.15, 0.2) is 0 Å². The molecule has 1 aromatic heterocycles. The van der Waals surface area contributed by atoms with E-state index in [0.29, 0.717) is 6.04 Å². The number of nitrogens with zero attached hydrogens (tertiary/aromatic N) is 2. The monoisotopic (exact) mass is 234 g/mol. The van der Waals surface area contributed by atoms with Crippen LogP contribution in [-0.2, 0) is 0 Å². The maximum atomic E-state index is 4.25. The molecule has 1 aliphatic carbocycles. The Morgan fingerprint density at radius 1 is 1.35 bits per heavy atom. The van der Waals surface area contributed by atoms with Crippen LogP contribution in [0.5, 0.6) is 0 Å². The summed E-state index contributed by atoms with van der Waals surface area (Å²) in [5, 5.41) is 6.71. The van der Waals surface area contributed by atoms with E-state index in [0.717, 1.165) is 30.5 Å². The summed E-state index contributed by atoms with van der Waals surface area (Å²) in [5.74, 6) is 2.77. The van der Waals surface area contributed by atoms with E-state index in [4.69, 9.17) is 0 Å². The van der Waals surface area contributed by atoms with Crippen molar-refractivity contribution in [2.24, 2.45) is 5.92 Å². The molecule has 17 heavy (non-hydrogen) atoms. The molecule has 1 saturated carbocycles. The Balaban J connectivity index is 1.85. The summed E-state index contributed by atoms with van der Waals surface area (Å²) in [4.78, 5) is 8.45. The van der Waals surface area contributed by atoms with Gasteiger partial charge in [0.2, 0.25) is 0 Å². The Morgan fingerprint density at radius 3 is 2.82 bits per heavy atom. The predicted molar refractivity (Wildman–Crippen MR) is 71.2 cm³/mol. The molecule has 94 valence electrons. The molecule has 0 aliphatic heterocycles. The van der Waals surface area contributed by atoms with E-state index < -0.39 is 0 Å². The number of anilines is 2. The van der Waals surface area contributed by atoms with E-state index in [-0.39, 0.29) is 0 Å². The molecule has 4 nitrogen and oxygen atoms in total. The minimum Gasteiger partial charge on any atom is -0.370 e. The van der Waals surface area contributed by atoms with Crippen molar-refractivity contribution in [2.45, 2.75) is 45.6 Å². The van der Waals surface area contributed by atoms with Crippen LogP contribution in [0.15, 0.2) is 12.4 Å². The molecular formula is C13H22N4. The van der Waals surface area contributed by atoms with Gasteiger partial charge in [-0.05, 0) is 25.7 Å². The molecule has 0 radical (unpaired) electrons. The molecule has 0 aromatic carbocycles. The number of hydrogen-bond donors (Lipinski definition) is 2. The van der Waals surface area contributed by atoms with E-state index >= 15 is 0 Å². The van der Waals surface area contributed by atoms with E-state index in [1.54, 1.807) is 6.33 Å². The fraction of sp³-hybridized carbons (Fsp3) is 0.692. The summed E-state index contributed by atoms with van der Waals surface area (Å²) in [6.45, 7) is 5.32. The normalized spacial score (nSPS) is 16.6. The van der Waals surface area contributed by atoms with Gasteiger partial charge in [-0.25, -0.2) is 9.97 Å². The van der Waals surface area contributed by atoms with Crippen molar-refractivity contribution in [3.63, 3.8) is 0 Å². The van der Waals surface area contributed by atoms with E-state index in [2.05, 4.69) is 34.4 Å². The number of aromatic nitrogens is 2. The van der Waals surface area contributed by atoms with Gasteiger partial charge in [0.25, 0.3) is 0 Å². The van der Waals surface area contributed by atoms with Gasteiger partial charge in [-0.1, -0.05) is 19.8 Å². The van der Waals surface area contributed by atoms with Gasteiger partial charge in [0, 0.05) is 18.7 Å². The van der Waals surface area contributed by atoms with E-state index in [1.165, 1.54) is 19.3 Å². The van der Waals surface area contributed by atoms with Gasteiger partial charge in [-0.3, -0.25) is 0 Å². The predicted octanol–water partition coefficient (Wildman–Crippen LogP) is 2.90. The average molecular weight is 234 g/mol. The first kappa shape index (κ1) is 12.1. The molecule has 2 N–H and O–H groups in total. The van der Waals surface area contributed by atoms with E-state index in [9.17, 15) is 0 Å². The van der Waals surface area contributed by atoms with Gasteiger partial charge < -0.3 is 10.6 Å². The first-order chi connectivity index (χ1) is 8.28. The lowest BCUT2D eigenvalue weighted by atomic mass is 10.1. The minimum absolute atomic E-state index is 0.497. The number of nitrogens with one attached hydrogen (secondary N) is 2. The molecule has 1 aromatic rings. The molecule has 4 heteroatoms. The fourth-order valence-corrected chi connectivity index (χ4v) is 1.95. The SMILES string of the molecule is CCCNc1cc(NC(C)CC2CC2)ncn1. The van der Waals surface area contributed by atoms with Crippen LogP contribution in [-0.4, -0.2) is 22.6 Å². The van der Waals surface area contributed by atoms with Crippen molar-refractivity contribution < 1.29 is 0 Å². The van der Waals surface area contributed by atoms with Crippen LogP contribution in [0.4, 0.5) is 11.6 Å². The van der Waals surface area contributed by atoms with E-state index in [1.807, 2.05) is 6.07 Å². The first-order valence-corrected chi connectivity index (χ1v) is 6.60. The van der Waals surface area contributed by atoms with Crippen molar-refractivity contribution >= 4 is 11.6 Å². The summed E-state index contributed by atoms with van der Waals surface area (Å²) in [5.41, 5.74) is 0. The molecule has 1 atom stereocenters. The Bertz CT molecular complexity index is 349. The lowest BCUT2D eigenvalue weighted by Crippen LogP contribution is -2.17. The molecule has 0 bridgehead atoms. The van der Waals surface area contributed by atoms with Crippen molar-refractivity contribution in [2.75, 3.05) is 17.2 Å². The van der Waals surface area contributed by atoms with Crippen LogP contribution in [0, 0.1) is 5.92 Å². The minimum atomic E-state index is 0.497. The summed E-state index contributed by atoms with van der Waals surface area (Å²) < 4.78 is 0. The maximum absolute atomic E-state index is 4.25. The third kappa shape index (κ3) is 4.21. The van der Waals surface area contributed by atoms with Crippen molar-refractivity contribution in [1.29, 1.82) is 0 Å². The molecule has 0 spiro atoms. The topological polar surface area (TPSA) is 49.8 Å². The Labute approximate surface area is 103 Å². The lowest BCUT2D eigenvalue weighted by Gasteiger charge is -2.14. The highest BCUT2D eigenvalue weighted by Crippen LogP contribution is 2.33. The van der Waals surface area contributed by atoms with Crippen LogP contribution < -0.4 is 10.6 Å². The average Bonchev–Trinajstić information content (AvgIpc) is 3.10. The molecule has 0 saturated heterocycles. The molecule has 2 rings (SSSR count). The molecular weight excluding hydrogens is 212 g/mol. The van der Waals surface area contributed by atoms with Crippen LogP contribution in [0.1, 0.15) is 39.5 Å². The smallest absolute Gasteiger partial charge is 0.131 e. The van der Waals surface area contributed by atoms with Gasteiger partial charge in [-0.15, -0.1) is 0 Å². The standard InChI is InChI=1S/C13H22N4/c1-3-6-14-12-8-13(16-9-15-12)17-10(2)7-11-4-5-11/h8-11H,3-7H2,1-2H3,(H2,14,15,16,17).